The average molecular weight is 332 g/mol. The second-order valence-corrected chi connectivity index (χ2v) is 6.89. The number of aliphatic hydroxyl groups excluding tert-OH is 1. The number of rotatable bonds is 5. The number of aliphatic hydroxyl groups is 2. The normalized spacial score (nSPS) is 13.1. The summed E-state index contributed by atoms with van der Waals surface area (Å²) in [5.74, 6) is -0.0161. The highest BCUT2D eigenvalue weighted by Crippen LogP contribution is 2.33. The van der Waals surface area contributed by atoms with E-state index in [9.17, 15) is 20.1 Å². The van der Waals surface area contributed by atoms with Crippen LogP contribution in [-0.2, 0) is 12.8 Å². The van der Waals surface area contributed by atoms with E-state index in [1.807, 2.05) is 19.9 Å². The summed E-state index contributed by atoms with van der Waals surface area (Å²) in [7, 11) is 0. The molecule has 0 saturated heterocycles. The molecule has 0 saturated carbocycles. The van der Waals surface area contributed by atoms with Gasteiger partial charge in [-0.15, -0.1) is 0 Å². The number of hydrogen-bond donors (Lipinski definition) is 3. The van der Waals surface area contributed by atoms with E-state index in [-0.39, 0.29) is 12.2 Å². The van der Waals surface area contributed by atoms with Gasteiger partial charge in [0.25, 0.3) is 0 Å². The molecule has 0 aliphatic rings. The minimum absolute atomic E-state index is 0.0161. The van der Waals surface area contributed by atoms with Crippen molar-refractivity contribution in [2.75, 3.05) is 0 Å². The number of hydrogen-bond acceptors (Lipinski definition) is 5. The molecule has 0 spiro atoms. The third-order valence-electron chi connectivity index (χ3n) is 4.00. The highest BCUT2D eigenvalue weighted by atomic mass is 16.4. The molecule has 0 aliphatic heterocycles. The van der Waals surface area contributed by atoms with E-state index < -0.39 is 17.3 Å². The van der Waals surface area contributed by atoms with Crippen molar-refractivity contribution in [2.45, 2.75) is 52.2 Å². The zero-order valence-corrected chi connectivity index (χ0v) is 14.5. The Labute approximate surface area is 140 Å². The molecule has 0 fully saturated rings. The largest absolute Gasteiger partial charge is 0.507 e. The van der Waals surface area contributed by atoms with Crippen LogP contribution in [0.4, 0.5) is 0 Å². The lowest BCUT2D eigenvalue weighted by Crippen LogP contribution is -2.37. The zero-order chi connectivity index (χ0) is 18.1. The second-order valence-electron chi connectivity index (χ2n) is 6.89. The molecule has 130 valence electrons. The van der Waals surface area contributed by atoms with Crippen molar-refractivity contribution in [3.8, 4) is 5.75 Å². The summed E-state index contributed by atoms with van der Waals surface area (Å²) in [6.07, 6.45) is 1.39. The number of fused-ring (bicyclic) bond motifs is 1. The molecule has 0 unspecified atom stereocenters. The van der Waals surface area contributed by atoms with Crippen molar-refractivity contribution < 1.29 is 19.7 Å². The van der Waals surface area contributed by atoms with Crippen molar-refractivity contribution in [2.24, 2.45) is 0 Å². The number of aromatic hydroxyl groups is 1. The predicted octanol–water partition coefficient (Wildman–Crippen LogP) is 2.68. The SMILES string of the molecule is CC(C)=CCc1c(O)c(C[C@H](O)C(C)(C)O)cc2ccc(=O)oc12. The summed E-state index contributed by atoms with van der Waals surface area (Å²) in [4.78, 5) is 11.5. The first-order valence-electron chi connectivity index (χ1n) is 7.91. The molecule has 1 atom stereocenters. The Morgan fingerprint density at radius 3 is 2.58 bits per heavy atom. The van der Waals surface area contributed by atoms with E-state index in [4.69, 9.17) is 4.42 Å². The summed E-state index contributed by atoms with van der Waals surface area (Å²) < 4.78 is 5.28. The number of phenolic OH excluding ortho intramolecular Hbond substituents is 1. The number of phenols is 1. The van der Waals surface area contributed by atoms with Gasteiger partial charge in [0.05, 0.1) is 11.7 Å². The summed E-state index contributed by atoms with van der Waals surface area (Å²) in [5, 5.41) is 31.4. The van der Waals surface area contributed by atoms with Gasteiger partial charge in [0.1, 0.15) is 11.3 Å². The first-order valence-corrected chi connectivity index (χ1v) is 7.91. The van der Waals surface area contributed by atoms with Crippen molar-refractivity contribution in [3.63, 3.8) is 0 Å². The van der Waals surface area contributed by atoms with Crippen LogP contribution in [0.25, 0.3) is 11.0 Å². The van der Waals surface area contributed by atoms with Gasteiger partial charge in [-0.2, -0.15) is 0 Å². The van der Waals surface area contributed by atoms with E-state index >= 15 is 0 Å². The summed E-state index contributed by atoms with van der Waals surface area (Å²) in [6.45, 7) is 6.91. The number of allylic oxidation sites excluding steroid dienone is 2. The van der Waals surface area contributed by atoms with Gasteiger partial charge < -0.3 is 19.7 Å². The standard InChI is InChI=1S/C19H24O5/c1-11(2)5-7-14-17(22)13(10-15(20)19(3,4)23)9-12-6-8-16(21)24-18(12)14/h5-6,8-9,15,20,22-23H,7,10H2,1-4H3/t15-/m0/s1. The van der Waals surface area contributed by atoms with Gasteiger partial charge in [0.15, 0.2) is 0 Å². The minimum Gasteiger partial charge on any atom is -0.507 e. The molecule has 2 aromatic rings. The Morgan fingerprint density at radius 1 is 1.33 bits per heavy atom. The molecule has 1 aromatic carbocycles. The van der Waals surface area contributed by atoms with E-state index in [1.165, 1.54) is 19.9 Å². The van der Waals surface area contributed by atoms with E-state index in [0.717, 1.165) is 5.57 Å². The van der Waals surface area contributed by atoms with Crippen LogP contribution in [0.3, 0.4) is 0 Å². The molecule has 0 radical (unpaired) electrons. The van der Waals surface area contributed by atoms with Gasteiger partial charge in [-0.1, -0.05) is 11.6 Å². The second kappa shape index (κ2) is 6.79. The Bertz CT molecular complexity index is 820. The van der Waals surface area contributed by atoms with Crippen LogP contribution in [0, 0.1) is 0 Å². The quantitative estimate of drug-likeness (QED) is 0.578. The fourth-order valence-corrected chi connectivity index (χ4v) is 2.44. The van der Waals surface area contributed by atoms with Gasteiger partial charge in [-0.3, -0.25) is 0 Å². The monoisotopic (exact) mass is 332 g/mol. The lowest BCUT2D eigenvalue weighted by Gasteiger charge is -2.25. The molecular formula is C19H24O5. The van der Waals surface area contributed by atoms with E-state index in [2.05, 4.69) is 0 Å². The van der Waals surface area contributed by atoms with Crippen molar-refractivity contribution in [1.82, 2.24) is 0 Å². The third kappa shape index (κ3) is 4.04. The van der Waals surface area contributed by atoms with Crippen LogP contribution in [0.5, 0.6) is 5.75 Å². The molecular weight excluding hydrogens is 308 g/mol. The average Bonchev–Trinajstić information content (AvgIpc) is 2.46. The highest BCUT2D eigenvalue weighted by Gasteiger charge is 2.26. The van der Waals surface area contributed by atoms with Crippen molar-refractivity contribution in [1.29, 1.82) is 0 Å². The van der Waals surface area contributed by atoms with Gasteiger partial charge in [0, 0.05) is 23.4 Å². The molecule has 5 heteroatoms. The minimum atomic E-state index is -1.29. The van der Waals surface area contributed by atoms with Crippen LogP contribution in [0.15, 0.2) is 39.1 Å². The molecule has 3 N–H and O–H groups in total. The summed E-state index contributed by atoms with van der Waals surface area (Å²) in [6, 6.07) is 4.63. The first-order chi connectivity index (χ1) is 11.1. The fraction of sp³-hybridized carbons (Fsp3) is 0.421. The molecule has 2 rings (SSSR count). The van der Waals surface area contributed by atoms with Crippen LogP contribution >= 0.6 is 0 Å². The highest BCUT2D eigenvalue weighted by molar-refractivity contribution is 5.83. The lowest BCUT2D eigenvalue weighted by atomic mass is 9.92. The summed E-state index contributed by atoms with van der Waals surface area (Å²) in [5.41, 5.74) is 0.656. The Balaban J connectivity index is 2.61. The van der Waals surface area contributed by atoms with Crippen LogP contribution in [-0.4, -0.2) is 27.0 Å². The molecule has 1 heterocycles. The Hall–Kier alpha value is -2.11. The maximum atomic E-state index is 11.5. The topological polar surface area (TPSA) is 90.9 Å². The molecule has 0 amide bonds. The van der Waals surface area contributed by atoms with E-state index in [0.29, 0.717) is 28.5 Å². The Morgan fingerprint density at radius 2 is 2.00 bits per heavy atom. The molecule has 0 bridgehead atoms. The predicted molar refractivity (Wildman–Crippen MR) is 93.3 cm³/mol. The maximum absolute atomic E-state index is 11.5. The van der Waals surface area contributed by atoms with Gasteiger partial charge in [-0.25, -0.2) is 4.79 Å². The maximum Gasteiger partial charge on any atom is 0.336 e. The van der Waals surface area contributed by atoms with Crippen molar-refractivity contribution in [3.05, 3.63) is 51.4 Å². The fourth-order valence-electron chi connectivity index (χ4n) is 2.44. The molecule has 5 nitrogen and oxygen atoms in total. The molecule has 1 aromatic heterocycles. The van der Waals surface area contributed by atoms with Gasteiger partial charge in [-0.05, 0) is 51.8 Å². The molecule has 24 heavy (non-hydrogen) atoms. The third-order valence-corrected chi connectivity index (χ3v) is 4.00. The van der Waals surface area contributed by atoms with Gasteiger partial charge >= 0.3 is 5.63 Å². The lowest BCUT2D eigenvalue weighted by molar-refractivity contribution is -0.0471. The smallest absolute Gasteiger partial charge is 0.336 e. The first kappa shape index (κ1) is 18.2. The van der Waals surface area contributed by atoms with Crippen LogP contribution in [0.2, 0.25) is 0 Å². The van der Waals surface area contributed by atoms with E-state index in [1.54, 1.807) is 12.1 Å². The number of benzene rings is 1. The zero-order valence-electron chi connectivity index (χ0n) is 14.5. The Kier molecular flexibility index (Phi) is 5.16. The van der Waals surface area contributed by atoms with Crippen LogP contribution in [0.1, 0.15) is 38.8 Å². The van der Waals surface area contributed by atoms with Gasteiger partial charge in [0.2, 0.25) is 0 Å². The van der Waals surface area contributed by atoms with Crippen LogP contribution < -0.4 is 5.63 Å². The van der Waals surface area contributed by atoms with Crippen molar-refractivity contribution >= 4 is 11.0 Å². The molecule has 0 aliphatic carbocycles. The summed E-state index contributed by atoms with van der Waals surface area (Å²) >= 11 is 0.